The molecular formula is C13H14ClN3O. The van der Waals surface area contributed by atoms with Crippen LogP contribution in [0, 0.1) is 5.92 Å². The number of aromatic nitrogens is 2. The highest BCUT2D eigenvalue weighted by Gasteiger charge is 2.29. The molecule has 3 rings (SSSR count). The number of nitrogens with zero attached hydrogens (tertiary/aromatic N) is 2. The van der Waals surface area contributed by atoms with Gasteiger partial charge in [-0.1, -0.05) is 23.7 Å². The van der Waals surface area contributed by atoms with Crippen molar-refractivity contribution < 1.29 is 4.52 Å². The maximum absolute atomic E-state index is 5.85. The van der Waals surface area contributed by atoms with E-state index in [1.165, 1.54) is 0 Å². The SMILES string of the molecule is CC1CCNC1c1nc(-c2ccc(Cl)cc2)no1. The topological polar surface area (TPSA) is 51.0 Å². The molecule has 1 aliphatic heterocycles. The van der Waals surface area contributed by atoms with Crippen LogP contribution in [0.4, 0.5) is 0 Å². The van der Waals surface area contributed by atoms with Crippen molar-refractivity contribution >= 4 is 11.6 Å². The van der Waals surface area contributed by atoms with Crippen LogP contribution in [0.1, 0.15) is 25.3 Å². The number of rotatable bonds is 2. The summed E-state index contributed by atoms with van der Waals surface area (Å²) in [6, 6.07) is 7.61. The minimum Gasteiger partial charge on any atom is -0.337 e. The molecule has 2 atom stereocenters. The summed E-state index contributed by atoms with van der Waals surface area (Å²) in [5.74, 6) is 1.82. The van der Waals surface area contributed by atoms with Crippen molar-refractivity contribution in [3.05, 3.63) is 35.2 Å². The Labute approximate surface area is 110 Å². The second-order valence-corrected chi connectivity index (χ2v) is 5.10. The van der Waals surface area contributed by atoms with Gasteiger partial charge in [-0.2, -0.15) is 4.98 Å². The highest BCUT2D eigenvalue weighted by molar-refractivity contribution is 6.30. The summed E-state index contributed by atoms with van der Waals surface area (Å²) in [5.41, 5.74) is 0.917. The second-order valence-electron chi connectivity index (χ2n) is 4.66. The number of nitrogens with one attached hydrogen (secondary N) is 1. The zero-order chi connectivity index (χ0) is 12.5. The fraction of sp³-hybridized carbons (Fsp3) is 0.385. The molecular weight excluding hydrogens is 250 g/mol. The van der Waals surface area contributed by atoms with Crippen molar-refractivity contribution in [2.75, 3.05) is 6.54 Å². The first kappa shape index (κ1) is 11.7. The first-order valence-electron chi connectivity index (χ1n) is 6.07. The van der Waals surface area contributed by atoms with Crippen LogP contribution in [-0.4, -0.2) is 16.7 Å². The highest BCUT2D eigenvalue weighted by atomic mass is 35.5. The lowest BCUT2D eigenvalue weighted by Crippen LogP contribution is -2.16. The molecule has 1 aliphatic rings. The average Bonchev–Trinajstić information content (AvgIpc) is 2.98. The highest BCUT2D eigenvalue weighted by Crippen LogP contribution is 2.29. The van der Waals surface area contributed by atoms with Crippen molar-refractivity contribution in [3.8, 4) is 11.4 Å². The van der Waals surface area contributed by atoms with Gasteiger partial charge in [0.1, 0.15) is 0 Å². The standard InChI is InChI=1S/C13H14ClN3O/c1-8-6-7-15-11(8)13-16-12(17-18-13)9-2-4-10(14)5-3-9/h2-5,8,11,15H,6-7H2,1H3. The Morgan fingerprint density at radius 3 is 2.78 bits per heavy atom. The van der Waals surface area contributed by atoms with E-state index in [0.717, 1.165) is 18.5 Å². The summed E-state index contributed by atoms with van der Waals surface area (Å²) in [5, 5.41) is 8.11. The zero-order valence-corrected chi connectivity index (χ0v) is 10.8. The van der Waals surface area contributed by atoms with E-state index in [4.69, 9.17) is 16.1 Å². The van der Waals surface area contributed by atoms with Gasteiger partial charge in [-0.3, -0.25) is 0 Å². The molecule has 0 aliphatic carbocycles. The maximum atomic E-state index is 5.85. The summed E-state index contributed by atoms with van der Waals surface area (Å²) >= 11 is 5.85. The lowest BCUT2D eigenvalue weighted by Gasteiger charge is -2.09. The monoisotopic (exact) mass is 263 g/mol. The molecule has 94 valence electrons. The largest absolute Gasteiger partial charge is 0.337 e. The molecule has 5 heteroatoms. The van der Waals surface area contributed by atoms with E-state index in [9.17, 15) is 0 Å². The molecule has 0 radical (unpaired) electrons. The zero-order valence-electron chi connectivity index (χ0n) is 10.1. The molecule has 1 aromatic carbocycles. The fourth-order valence-electron chi connectivity index (χ4n) is 2.24. The molecule has 1 aromatic heterocycles. The Bertz CT molecular complexity index is 537. The van der Waals surface area contributed by atoms with E-state index >= 15 is 0 Å². The lowest BCUT2D eigenvalue weighted by atomic mass is 10.0. The minimum absolute atomic E-state index is 0.179. The molecule has 4 nitrogen and oxygen atoms in total. The van der Waals surface area contributed by atoms with Gasteiger partial charge in [0.15, 0.2) is 0 Å². The molecule has 0 spiro atoms. The van der Waals surface area contributed by atoms with Crippen molar-refractivity contribution in [1.29, 1.82) is 0 Å². The Morgan fingerprint density at radius 2 is 2.11 bits per heavy atom. The Balaban J connectivity index is 1.87. The van der Waals surface area contributed by atoms with Crippen LogP contribution in [-0.2, 0) is 0 Å². The van der Waals surface area contributed by atoms with Gasteiger partial charge in [0.25, 0.3) is 0 Å². The van der Waals surface area contributed by atoms with E-state index in [2.05, 4.69) is 22.4 Å². The average molecular weight is 264 g/mol. The summed E-state index contributed by atoms with van der Waals surface area (Å²) in [4.78, 5) is 4.46. The fourth-order valence-corrected chi connectivity index (χ4v) is 2.37. The van der Waals surface area contributed by atoms with E-state index in [0.29, 0.717) is 22.7 Å². The third-order valence-electron chi connectivity index (χ3n) is 3.34. The van der Waals surface area contributed by atoms with Crippen LogP contribution < -0.4 is 5.32 Å². The van der Waals surface area contributed by atoms with Crippen LogP contribution in [0.5, 0.6) is 0 Å². The summed E-state index contributed by atoms with van der Waals surface area (Å²) < 4.78 is 5.35. The smallest absolute Gasteiger partial charge is 0.244 e. The maximum Gasteiger partial charge on any atom is 0.244 e. The van der Waals surface area contributed by atoms with Gasteiger partial charge in [-0.15, -0.1) is 0 Å². The van der Waals surface area contributed by atoms with Crippen molar-refractivity contribution in [2.24, 2.45) is 5.92 Å². The number of hydrogen-bond donors (Lipinski definition) is 1. The predicted molar refractivity (Wildman–Crippen MR) is 69.3 cm³/mol. The van der Waals surface area contributed by atoms with Gasteiger partial charge in [-0.25, -0.2) is 0 Å². The molecule has 18 heavy (non-hydrogen) atoms. The van der Waals surface area contributed by atoms with Gasteiger partial charge in [-0.05, 0) is 43.1 Å². The van der Waals surface area contributed by atoms with Crippen molar-refractivity contribution in [2.45, 2.75) is 19.4 Å². The molecule has 2 heterocycles. The van der Waals surface area contributed by atoms with Crippen LogP contribution in [0.3, 0.4) is 0 Å². The first-order valence-corrected chi connectivity index (χ1v) is 6.45. The summed E-state index contributed by atoms with van der Waals surface area (Å²) in [6.45, 7) is 3.20. The number of hydrogen-bond acceptors (Lipinski definition) is 4. The van der Waals surface area contributed by atoms with E-state index in [1.54, 1.807) is 0 Å². The predicted octanol–water partition coefficient (Wildman–Crippen LogP) is 3.06. The minimum atomic E-state index is 0.179. The van der Waals surface area contributed by atoms with Crippen LogP contribution in [0.25, 0.3) is 11.4 Å². The van der Waals surface area contributed by atoms with E-state index < -0.39 is 0 Å². The molecule has 0 bridgehead atoms. The molecule has 2 unspecified atom stereocenters. The van der Waals surface area contributed by atoms with E-state index in [1.807, 2.05) is 24.3 Å². The Hall–Kier alpha value is -1.39. The summed E-state index contributed by atoms with van der Waals surface area (Å²) in [7, 11) is 0. The van der Waals surface area contributed by atoms with Crippen molar-refractivity contribution in [1.82, 2.24) is 15.5 Å². The molecule has 1 saturated heterocycles. The van der Waals surface area contributed by atoms with Crippen LogP contribution in [0.15, 0.2) is 28.8 Å². The third-order valence-corrected chi connectivity index (χ3v) is 3.60. The molecule has 1 N–H and O–H groups in total. The number of halogens is 1. The van der Waals surface area contributed by atoms with Gasteiger partial charge >= 0.3 is 0 Å². The van der Waals surface area contributed by atoms with Gasteiger partial charge in [0.05, 0.1) is 6.04 Å². The summed E-state index contributed by atoms with van der Waals surface area (Å²) in [6.07, 6.45) is 1.14. The van der Waals surface area contributed by atoms with Crippen LogP contribution in [0.2, 0.25) is 5.02 Å². The Kier molecular flexibility index (Phi) is 3.06. The molecule has 0 saturated carbocycles. The molecule has 0 amide bonds. The van der Waals surface area contributed by atoms with Gasteiger partial charge in [0.2, 0.25) is 11.7 Å². The quantitative estimate of drug-likeness (QED) is 0.905. The normalized spacial score (nSPS) is 23.4. The van der Waals surface area contributed by atoms with Crippen LogP contribution >= 0.6 is 11.6 Å². The van der Waals surface area contributed by atoms with E-state index in [-0.39, 0.29) is 6.04 Å². The van der Waals surface area contributed by atoms with Gasteiger partial charge in [0, 0.05) is 10.6 Å². The van der Waals surface area contributed by atoms with Gasteiger partial charge < -0.3 is 9.84 Å². The molecule has 1 fully saturated rings. The second kappa shape index (κ2) is 4.71. The first-order chi connectivity index (χ1) is 8.74. The lowest BCUT2D eigenvalue weighted by molar-refractivity contribution is 0.319. The molecule has 2 aromatic rings. The number of benzene rings is 1. The Morgan fingerprint density at radius 1 is 1.33 bits per heavy atom. The van der Waals surface area contributed by atoms with Crippen molar-refractivity contribution in [3.63, 3.8) is 0 Å². The third kappa shape index (κ3) is 2.13.